The highest BCUT2D eigenvalue weighted by molar-refractivity contribution is 6.63. The van der Waals surface area contributed by atoms with Crippen molar-refractivity contribution < 1.29 is 19.1 Å². The second-order valence-electron chi connectivity index (χ2n) is 6.39. The fourth-order valence-corrected chi connectivity index (χ4v) is 2.07. The zero-order valence-electron chi connectivity index (χ0n) is 14.4. The van der Waals surface area contributed by atoms with Crippen molar-refractivity contribution in [3.8, 4) is 0 Å². The quantitative estimate of drug-likeness (QED) is 0.358. The summed E-state index contributed by atoms with van der Waals surface area (Å²) in [7, 11) is 1.21. The van der Waals surface area contributed by atoms with Crippen molar-refractivity contribution >= 4 is 23.4 Å². The first-order valence-corrected chi connectivity index (χ1v) is 7.68. The Morgan fingerprint density at radius 3 is 2.58 bits per heavy atom. The number of anilines is 1. The zero-order valence-corrected chi connectivity index (χ0v) is 14.4. The highest BCUT2D eigenvalue weighted by atomic mass is 16.5. The molecular weight excluding hydrogens is 314 g/mol. The van der Waals surface area contributed by atoms with Gasteiger partial charge < -0.3 is 14.4 Å². The van der Waals surface area contributed by atoms with Gasteiger partial charge in [-0.3, -0.25) is 15.3 Å². The van der Waals surface area contributed by atoms with E-state index in [1.165, 1.54) is 12.0 Å². The summed E-state index contributed by atoms with van der Waals surface area (Å²) in [5.41, 5.74) is 3.12. The predicted octanol–water partition coefficient (Wildman–Crippen LogP) is 0.507. The van der Waals surface area contributed by atoms with Crippen molar-refractivity contribution in [1.29, 1.82) is 0 Å². The lowest BCUT2D eigenvalue weighted by atomic mass is 9.92. The van der Waals surface area contributed by atoms with Crippen molar-refractivity contribution in [2.45, 2.75) is 26.2 Å². The average Bonchev–Trinajstić information content (AvgIpc) is 3.04. The first-order chi connectivity index (χ1) is 11.3. The molecule has 0 aromatic carbocycles. The van der Waals surface area contributed by atoms with E-state index in [1.54, 1.807) is 6.07 Å². The van der Waals surface area contributed by atoms with E-state index in [0.29, 0.717) is 32.1 Å². The molecule has 0 saturated carbocycles. The van der Waals surface area contributed by atoms with Gasteiger partial charge in [-0.2, -0.15) is 10.2 Å². The van der Waals surface area contributed by atoms with Crippen LogP contribution in [0.2, 0.25) is 0 Å². The number of carbonyl (C=O) groups excluding carboxylic acids is 2. The van der Waals surface area contributed by atoms with Crippen LogP contribution in [-0.2, 0) is 24.5 Å². The minimum Gasteiger partial charge on any atom is -0.464 e. The van der Waals surface area contributed by atoms with Crippen LogP contribution < -0.4 is 5.43 Å². The van der Waals surface area contributed by atoms with Gasteiger partial charge in [-0.1, -0.05) is 20.8 Å². The Bertz CT molecular complexity index is 626. The van der Waals surface area contributed by atoms with Crippen molar-refractivity contribution in [3.05, 3.63) is 11.8 Å². The molecule has 0 unspecified atom stereocenters. The van der Waals surface area contributed by atoms with Crippen molar-refractivity contribution in [3.63, 3.8) is 0 Å². The van der Waals surface area contributed by atoms with Crippen LogP contribution in [0.25, 0.3) is 0 Å². The Morgan fingerprint density at radius 2 is 2.04 bits per heavy atom. The smallest absolute Gasteiger partial charge is 0.364 e. The fraction of sp³-hybridized carbons (Fsp3) is 0.600. The molecule has 0 spiro atoms. The average molecular weight is 337 g/mol. The van der Waals surface area contributed by atoms with Gasteiger partial charge in [-0.25, -0.2) is 4.79 Å². The summed E-state index contributed by atoms with van der Waals surface area (Å²) in [6.07, 6.45) is 0. The number of nitrogens with zero attached hydrogens (tertiary/aromatic N) is 3. The molecule has 0 aliphatic carbocycles. The molecule has 1 aromatic heterocycles. The molecule has 2 N–H and O–H groups in total. The summed E-state index contributed by atoms with van der Waals surface area (Å²) in [5, 5.41) is 10.9. The number of ether oxygens (including phenoxy) is 2. The molecule has 1 aliphatic rings. The minimum atomic E-state index is -0.800. The predicted molar refractivity (Wildman–Crippen MR) is 87.8 cm³/mol. The van der Waals surface area contributed by atoms with E-state index < -0.39 is 11.9 Å². The highest BCUT2D eigenvalue weighted by Gasteiger charge is 2.28. The first kappa shape index (κ1) is 17.9. The molecule has 9 heteroatoms. The van der Waals surface area contributed by atoms with Gasteiger partial charge in [-0.05, 0) is 0 Å². The van der Waals surface area contributed by atoms with Crippen LogP contribution in [0.1, 0.15) is 26.5 Å². The number of hydrazone groups is 1. The largest absolute Gasteiger partial charge is 0.464 e. The Labute approximate surface area is 140 Å². The number of nitrogens with one attached hydrogen (secondary N) is 2. The summed E-state index contributed by atoms with van der Waals surface area (Å²) in [4.78, 5) is 25.8. The Hall–Kier alpha value is -2.42. The number of hydrogen-bond donors (Lipinski definition) is 2. The number of morpholine rings is 1. The van der Waals surface area contributed by atoms with E-state index in [1.807, 2.05) is 20.8 Å². The van der Waals surface area contributed by atoms with E-state index in [0.717, 1.165) is 5.69 Å². The fourth-order valence-electron chi connectivity index (χ4n) is 2.07. The molecule has 1 aromatic rings. The number of carbonyl (C=O) groups is 2. The maximum absolute atomic E-state index is 12.5. The molecule has 24 heavy (non-hydrogen) atoms. The van der Waals surface area contributed by atoms with Gasteiger partial charge in [-0.15, -0.1) is 0 Å². The number of esters is 1. The molecule has 1 aliphatic heterocycles. The molecule has 0 atom stereocenters. The summed E-state index contributed by atoms with van der Waals surface area (Å²) in [6, 6.07) is 1.78. The number of methoxy groups -OCH3 is 1. The highest BCUT2D eigenvalue weighted by Crippen LogP contribution is 2.21. The number of amides is 1. The lowest BCUT2D eigenvalue weighted by Crippen LogP contribution is -2.46. The standard InChI is InChI=1S/C15H23N5O4/c1-15(2,3)10-9-11(17-16-10)18-19-12(14(22)23-4)13(21)20-5-7-24-8-6-20/h9H,5-8H2,1-4H3,(H2,16,17,18). The molecule has 1 saturated heterocycles. The second-order valence-corrected chi connectivity index (χ2v) is 6.39. The second kappa shape index (κ2) is 7.43. The maximum Gasteiger partial charge on any atom is 0.364 e. The number of aromatic nitrogens is 2. The molecule has 1 fully saturated rings. The van der Waals surface area contributed by atoms with Gasteiger partial charge >= 0.3 is 5.97 Å². The van der Waals surface area contributed by atoms with Gasteiger partial charge in [0.05, 0.1) is 20.3 Å². The van der Waals surface area contributed by atoms with E-state index in [9.17, 15) is 9.59 Å². The molecule has 1 amide bonds. The van der Waals surface area contributed by atoms with Crippen LogP contribution >= 0.6 is 0 Å². The lowest BCUT2D eigenvalue weighted by Gasteiger charge is -2.26. The molecular formula is C15H23N5O4. The Morgan fingerprint density at radius 1 is 1.38 bits per heavy atom. The SMILES string of the molecule is COC(=O)C(=NNc1cc(C(C)(C)C)[nH]n1)C(=O)N1CCOCC1. The Kier molecular flexibility index (Phi) is 5.55. The maximum atomic E-state index is 12.5. The number of rotatable bonds is 4. The van der Waals surface area contributed by atoms with Gasteiger partial charge in [0.2, 0.25) is 5.71 Å². The van der Waals surface area contributed by atoms with Crippen LogP contribution in [0, 0.1) is 0 Å². The summed E-state index contributed by atoms with van der Waals surface area (Å²) < 4.78 is 9.86. The summed E-state index contributed by atoms with van der Waals surface area (Å²) >= 11 is 0. The third kappa shape index (κ3) is 4.31. The number of H-pyrrole nitrogens is 1. The molecule has 0 bridgehead atoms. The van der Waals surface area contributed by atoms with Gasteiger partial charge in [0, 0.05) is 30.3 Å². The monoisotopic (exact) mass is 337 g/mol. The summed E-state index contributed by atoms with van der Waals surface area (Å²) in [6.45, 7) is 7.79. The zero-order chi connectivity index (χ0) is 17.7. The topological polar surface area (TPSA) is 109 Å². The molecule has 2 heterocycles. The molecule has 9 nitrogen and oxygen atoms in total. The van der Waals surface area contributed by atoms with E-state index in [4.69, 9.17) is 4.74 Å². The van der Waals surface area contributed by atoms with Crippen LogP contribution in [0.4, 0.5) is 5.82 Å². The number of aromatic amines is 1. The molecule has 132 valence electrons. The third-order valence-corrected chi connectivity index (χ3v) is 3.55. The lowest BCUT2D eigenvalue weighted by molar-refractivity contribution is -0.136. The van der Waals surface area contributed by atoms with E-state index in [2.05, 4.69) is 25.5 Å². The van der Waals surface area contributed by atoms with Gasteiger partial charge in [0.15, 0.2) is 5.82 Å². The van der Waals surface area contributed by atoms with Crippen LogP contribution in [0.5, 0.6) is 0 Å². The van der Waals surface area contributed by atoms with Gasteiger partial charge in [0.25, 0.3) is 5.91 Å². The number of hydrogen-bond acceptors (Lipinski definition) is 7. The van der Waals surface area contributed by atoms with E-state index in [-0.39, 0.29) is 11.1 Å². The van der Waals surface area contributed by atoms with Crippen molar-refractivity contribution in [2.24, 2.45) is 5.10 Å². The van der Waals surface area contributed by atoms with Gasteiger partial charge in [0.1, 0.15) is 0 Å². The molecule has 0 radical (unpaired) electrons. The van der Waals surface area contributed by atoms with Crippen LogP contribution in [-0.4, -0.2) is 66.1 Å². The first-order valence-electron chi connectivity index (χ1n) is 7.68. The minimum absolute atomic E-state index is 0.106. The van der Waals surface area contributed by atoms with Crippen LogP contribution in [0.15, 0.2) is 11.2 Å². The van der Waals surface area contributed by atoms with Crippen molar-refractivity contribution in [2.75, 3.05) is 38.8 Å². The van der Waals surface area contributed by atoms with E-state index >= 15 is 0 Å². The van der Waals surface area contributed by atoms with Crippen LogP contribution in [0.3, 0.4) is 0 Å². The Balaban J connectivity index is 2.15. The normalized spacial score (nSPS) is 16.0. The third-order valence-electron chi connectivity index (χ3n) is 3.55. The van der Waals surface area contributed by atoms with Crippen molar-refractivity contribution in [1.82, 2.24) is 15.1 Å². The summed E-state index contributed by atoms with van der Waals surface area (Å²) in [5.74, 6) is -0.883. The molecule has 2 rings (SSSR count).